The molecule has 72 valence electrons. The van der Waals surface area contributed by atoms with Crippen molar-refractivity contribution in [2.24, 2.45) is 0 Å². The molecule has 0 aliphatic rings. The van der Waals surface area contributed by atoms with Gasteiger partial charge in [-0.25, -0.2) is 0 Å². The third-order valence-corrected chi connectivity index (χ3v) is 1.59. The van der Waals surface area contributed by atoms with Crippen LogP contribution in [0.5, 0.6) is 6.01 Å². The normalized spacial score (nSPS) is 10.4. The van der Waals surface area contributed by atoms with Crippen molar-refractivity contribution >= 4 is 23.2 Å². The van der Waals surface area contributed by atoms with Crippen molar-refractivity contribution < 1.29 is 9.53 Å². The predicted molar refractivity (Wildman–Crippen MR) is 47.1 cm³/mol. The van der Waals surface area contributed by atoms with Crippen LogP contribution in [0.4, 0.5) is 0 Å². The van der Waals surface area contributed by atoms with Crippen LogP contribution in [0.15, 0.2) is 12.1 Å². The molecule has 2 rings (SSSR count). The largest absolute Gasteiger partial charge is 0.390 e. The van der Waals surface area contributed by atoms with E-state index in [9.17, 15) is 4.79 Å². The number of esters is 1. The molecule has 0 unspecified atom stereocenters. The van der Waals surface area contributed by atoms with E-state index in [1.165, 1.54) is 11.6 Å². The fourth-order valence-corrected chi connectivity index (χ4v) is 1.05. The van der Waals surface area contributed by atoms with Gasteiger partial charge < -0.3 is 4.74 Å². The molecule has 0 aromatic carbocycles. The molecule has 0 bridgehead atoms. The second kappa shape index (κ2) is 3.22. The average Bonchev–Trinajstić information content (AvgIpc) is 2.44. The number of carbonyl (C=O) groups excluding carboxylic acids is 1. The van der Waals surface area contributed by atoms with E-state index in [1.54, 1.807) is 12.1 Å². The number of carbonyl (C=O) groups is 1. The first-order valence-corrected chi connectivity index (χ1v) is 4.11. The second-order valence-electron chi connectivity index (χ2n) is 2.49. The predicted octanol–water partition coefficient (Wildman–Crippen LogP) is 0.703. The first-order chi connectivity index (χ1) is 6.65. The number of ether oxygens (including phenoxy) is 1. The summed E-state index contributed by atoms with van der Waals surface area (Å²) in [5.74, 6) is -0.480. The SMILES string of the molecule is CC(=O)Oc1nc2ccc(Cl)nn2n1. The van der Waals surface area contributed by atoms with Gasteiger partial charge in [0.15, 0.2) is 10.8 Å². The molecule has 2 aromatic heterocycles. The summed E-state index contributed by atoms with van der Waals surface area (Å²) in [6.45, 7) is 1.27. The zero-order chi connectivity index (χ0) is 10.1. The third-order valence-electron chi connectivity index (χ3n) is 1.39. The van der Waals surface area contributed by atoms with Crippen molar-refractivity contribution in [3.05, 3.63) is 17.3 Å². The van der Waals surface area contributed by atoms with Gasteiger partial charge in [-0.05, 0) is 12.1 Å². The van der Waals surface area contributed by atoms with E-state index in [2.05, 4.69) is 19.9 Å². The monoisotopic (exact) mass is 212 g/mol. The van der Waals surface area contributed by atoms with Gasteiger partial charge in [0.05, 0.1) is 0 Å². The first-order valence-electron chi connectivity index (χ1n) is 3.73. The van der Waals surface area contributed by atoms with E-state index in [-0.39, 0.29) is 11.2 Å². The highest BCUT2D eigenvalue weighted by Gasteiger charge is 2.07. The summed E-state index contributed by atoms with van der Waals surface area (Å²) in [4.78, 5) is 14.5. The van der Waals surface area contributed by atoms with Crippen LogP contribution in [0, 0.1) is 0 Å². The molecule has 14 heavy (non-hydrogen) atoms. The lowest BCUT2D eigenvalue weighted by molar-refractivity contribution is -0.132. The molecule has 0 radical (unpaired) electrons. The lowest BCUT2D eigenvalue weighted by Gasteiger charge is -1.89. The Kier molecular flexibility index (Phi) is 2.05. The summed E-state index contributed by atoms with van der Waals surface area (Å²) in [6, 6.07) is 3.16. The lowest BCUT2D eigenvalue weighted by atomic mass is 10.6. The molecule has 0 N–H and O–H groups in total. The van der Waals surface area contributed by atoms with Gasteiger partial charge in [-0.3, -0.25) is 4.79 Å². The molecule has 0 amide bonds. The van der Waals surface area contributed by atoms with Gasteiger partial charge in [0, 0.05) is 6.92 Å². The summed E-state index contributed by atoms with van der Waals surface area (Å²) in [5.41, 5.74) is 0.464. The van der Waals surface area contributed by atoms with Crippen LogP contribution in [0.25, 0.3) is 5.65 Å². The Hall–Kier alpha value is -1.69. The maximum Gasteiger partial charge on any atom is 0.345 e. The van der Waals surface area contributed by atoms with Crippen LogP contribution in [0.3, 0.4) is 0 Å². The minimum atomic E-state index is -0.480. The van der Waals surface area contributed by atoms with Gasteiger partial charge in [0.25, 0.3) is 0 Å². The van der Waals surface area contributed by atoms with Crippen LogP contribution in [0.1, 0.15) is 6.92 Å². The number of hydrogen-bond donors (Lipinski definition) is 0. The lowest BCUT2D eigenvalue weighted by Crippen LogP contribution is -2.03. The Morgan fingerprint density at radius 1 is 1.50 bits per heavy atom. The van der Waals surface area contributed by atoms with Gasteiger partial charge in [0.2, 0.25) is 0 Å². The topological polar surface area (TPSA) is 69.4 Å². The van der Waals surface area contributed by atoms with Gasteiger partial charge in [-0.2, -0.15) is 4.98 Å². The minimum Gasteiger partial charge on any atom is -0.390 e. The van der Waals surface area contributed by atoms with E-state index >= 15 is 0 Å². The maximum atomic E-state index is 10.6. The van der Waals surface area contributed by atoms with Crippen LogP contribution < -0.4 is 4.74 Å². The van der Waals surface area contributed by atoms with Gasteiger partial charge in [0.1, 0.15) is 0 Å². The molecule has 0 aliphatic carbocycles. The molecule has 7 heteroatoms. The fourth-order valence-electron chi connectivity index (χ4n) is 0.914. The van der Waals surface area contributed by atoms with Gasteiger partial charge >= 0.3 is 12.0 Å². The summed E-state index contributed by atoms with van der Waals surface area (Å²) in [5, 5.41) is 7.89. The number of aromatic nitrogens is 4. The van der Waals surface area contributed by atoms with E-state index in [1.807, 2.05) is 0 Å². The highest BCUT2D eigenvalue weighted by Crippen LogP contribution is 2.09. The molecule has 0 fully saturated rings. The van der Waals surface area contributed by atoms with Crippen molar-refractivity contribution in [2.75, 3.05) is 0 Å². The molecule has 0 saturated carbocycles. The molecule has 0 saturated heterocycles. The molecular formula is C7H5ClN4O2. The number of rotatable bonds is 1. The minimum absolute atomic E-state index is 0.0349. The molecule has 0 spiro atoms. The van der Waals surface area contributed by atoms with E-state index < -0.39 is 5.97 Å². The van der Waals surface area contributed by atoms with Crippen molar-refractivity contribution in [3.8, 4) is 6.01 Å². The van der Waals surface area contributed by atoms with Crippen molar-refractivity contribution in [3.63, 3.8) is 0 Å². The highest BCUT2D eigenvalue weighted by atomic mass is 35.5. The molecule has 0 atom stereocenters. The maximum absolute atomic E-state index is 10.6. The van der Waals surface area contributed by atoms with E-state index in [4.69, 9.17) is 11.6 Å². The number of halogens is 1. The Labute approximate surface area is 83.5 Å². The fraction of sp³-hybridized carbons (Fsp3) is 0.143. The van der Waals surface area contributed by atoms with E-state index in [0.29, 0.717) is 5.65 Å². The van der Waals surface area contributed by atoms with Crippen molar-refractivity contribution in [2.45, 2.75) is 6.92 Å². The molecule has 0 aliphatic heterocycles. The van der Waals surface area contributed by atoms with Crippen molar-refractivity contribution in [1.82, 2.24) is 19.8 Å². The molecule has 2 heterocycles. The zero-order valence-electron chi connectivity index (χ0n) is 7.14. The molecule has 6 nitrogen and oxygen atoms in total. The van der Waals surface area contributed by atoms with Crippen molar-refractivity contribution in [1.29, 1.82) is 0 Å². The Balaban J connectivity index is 2.46. The number of nitrogens with zero attached hydrogens (tertiary/aromatic N) is 4. The Morgan fingerprint density at radius 2 is 2.29 bits per heavy atom. The van der Waals surface area contributed by atoms with E-state index in [0.717, 1.165) is 0 Å². The highest BCUT2D eigenvalue weighted by molar-refractivity contribution is 6.29. The summed E-state index contributed by atoms with van der Waals surface area (Å²) < 4.78 is 5.87. The second-order valence-corrected chi connectivity index (χ2v) is 2.88. The zero-order valence-corrected chi connectivity index (χ0v) is 7.89. The first kappa shape index (κ1) is 8.89. The summed E-state index contributed by atoms with van der Waals surface area (Å²) in [6.07, 6.45) is 0. The van der Waals surface area contributed by atoms with Crippen LogP contribution >= 0.6 is 11.6 Å². The molecular weight excluding hydrogens is 208 g/mol. The summed E-state index contributed by atoms with van der Waals surface area (Å²) >= 11 is 5.63. The molecule has 2 aromatic rings. The Bertz CT molecular complexity index is 495. The average molecular weight is 213 g/mol. The number of fused-ring (bicyclic) bond motifs is 1. The Morgan fingerprint density at radius 3 is 3.00 bits per heavy atom. The van der Waals surface area contributed by atoms with Gasteiger partial charge in [-0.15, -0.1) is 9.73 Å². The van der Waals surface area contributed by atoms with Crippen LogP contribution in [0.2, 0.25) is 5.15 Å². The number of hydrogen-bond acceptors (Lipinski definition) is 5. The quantitative estimate of drug-likeness (QED) is 0.651. The smallest absolute Gasteiger partial charge is 0.345 e. The summed E-state index contributed by atoms with van der Waals surface area (Å²) in [7, 11) is 0. The van der Waals surface area contributed by atoms with Crippen LogP contribution in [-0.4, -0.2) is 25.8 Å². The van der Waals surface area contributed by atoms with Crippen LogP contribution in [-0.2, 0) is 4.79 Å². The van der Waals surface area contributed by atoms with Gasteiger partial charge in [-0.1, -0.05) is 16.7 Å². The standard InChI is InChI=1S/C7H5ClN4O2/c1-4(13)14-7-9-6-3-2-5(8)10-12(6)11-7/h2-3H,1H3. The third kappa shape index (κ3) is 1.64.